The summed E-state index contributed by atoms with van der Waals surface area (Å²) in [5.41, 5.74) is 1.63. The first kappa shape index (κ1) is 9.94. The van der Waals surface area contributed by atoms with Crippen LogP contribution in [-0.4, -0.2) is 6.29 Å². The van der Waals surface area contributed by atoms with Crippen LogP contribution in [-0.2, 0) is 11.2 Å². The SMILES string of the molecule is N#Cc1ccc(Br)c(CCC=O)c1. The molecule has 13 heavy (non-hydrogen) atoms. The van der Waals surface area contributed by atoms with E-state index in [0.717, 1.165) is 16.3 Å². The molecule has 0 aliphatic heterocycles. The van der Waals surface area contributed by atoms with Crippen molar-refractivity contribution in [1.82, 2.24) is 0 Å². The van der Waals surface area contributed by atoms with Crippen LogP contribution in [0, 0.1) is 11.3 Å². The topological polar surface area (TPSA) is 40.9 Å². The molecule has 0 aliphatic rings. The Morgan fingerprint density at radius 1 is 1.54 bits per heavy atom. The third-order valence-electron chi connectivity index (χ3n) is 1.71. The van der Waals surface area contributed by atoms with Gasteiger partial charge in [0.2, 0.25) is 0 Å². The number of hydrogen-bond donors (Lipinski definition) is 0. The number of carbonyl (C=O) groups excluding carboxylic acids is 1. The summed E-state index contributed by atoms with van der Waals surface area (Å²) in [7, 11) is 0. The van der Waals surface area contributed by atoms with Gasteiger partial charge in [0, 0.05) is 10.9 Å². The van der Waals surface area contributed by atoms with Crippen LogP contribution in [0.5, 0.6) is 0 Å². The highest BCUT2D eigenvalue weighted by Gasteiger charge is 2.00. The first-order valence-corrected chi connectivity index (χ1v) is 4.69. The van der Waals surface area contributed by atoms with E-state index in [0.29, 0.717) is 18.4 Å². The molecule has 0 spiro atoms. The molecule has 0 amide bonds. The van der Waals surface area contributed by atoms with Crippen LogP contribution in [0.1, 0.15) is 17.5 Å². The molecule has 0 radical (unpaired) electrons. The van der Waals surface area contributed by atoms with Gasteiger partial charge in [0.15, 0.2) is 0 Å². The zero-order chi connectivity index (χ0) is 9.68. The Balaban J connectivity index is 2.91. The highest BCUT2D eigenvalue weighted by molar-refractivity contribution is 9.10. The van der Waals surface area contributed by atoms with Gasteiger partial charge in [-0.05, 0) is 30.2 Å². The molecule has 2 nitrogen and oxygen atoms in total. The van der Waals surface area contributed by atoms with Gasteiger partial charge in [0.1, 0.15) is 6.29 Å². The minimum Gasteiger partial charge on any atom is -0.303 e. The Morgan fingerprint density at radius 2 is 2.31 bits per heavy atom. The highest BCUT2D eigenvalue weighted by atomic mass is 79.9. The average Bonchev–Trinajstić information content (AvgIpc) is 2.17. The fourth-order valence-electron chi connectivity index (χ4n) is 1.05. The zero-order valence-electron chi connectivity index (χ0n) is 6.96. The van der Waals surface area contributed by atoms with Crippen molar-refractivity contribution in [1.29, 1.82) is 5.26 Å². The summed E-state index contributed by atoms with van der Waals surface area (Å²) < 4.78 is 0.952. The van der Waals surface area contributed by atoms with Crippen LogP contribution < -0.4 is 0 Å². The fourth-order valence-corrected chi connectivity index (χ4v) is 1.50. The van der Waals surface area contributed by atoms with Crippen LogP contribution >= 0.6 is 15.9 Å². The molecule has 0 saturated heterocycles. The van der Waals surface area contributed by atoms with Gasteiger partial charge in [-0.15, -0.1) is 0 Å². The lowest BCUT2D eigenvalue weighted by Crippen LogP contribution is -1.89. The largest absolute Gasteiger partial charge is 0.303 e. The summed E-state index contributed by atoms with van der Waals surface area (Å²) in [5, 5.41) is 8.64. The number of benzene rings is 1. The van der Waals surface area contributed by atoms with Gasteiger partial charge < -0.3 is 4.79 Å². The second-order valence-corrected chi connectivity index (χ2v) is 3.48. The number of aldehydes is 1. The van der Waals surface area contributed by atoms with Crippen LogP contribution in [0.2, 0.25) is 0 Å². The lowest BCUT2D eigenvalue weighted by Gasteiger charge is -2.01. The number of nitrogens with zero attached hydrogens (tertiary/aromatic N) is 1. The monoisotopic (exact) mass is 237 g/mol. The number of hydrogen-bond acceptors (Lipinski definition) is 2. The molecule has 0 atom stereocenters. The predicted molar refractivity (Wildman–Crippen MR) is 53.2 cm³/mol. The lowest BCUT2D eigenvalue weighted by atomic mass is 10.1. The van der Waals surface area contributed by atoms with E-state index in [1.165, 1.54) is 0 Å². The smallest absolute Gasteiger partial charge is 0.120 e. The van der Waals surface area contributed by atoms with E-state index in [1.54, 1.807) is 12.1 Å². The van der Waals surface area contributed by atoms with Crippen molar-refractivity contribution < 1.29 is 4.79 Å². The number of nitriles is 1. The highest BCUT2D eigenvalue weighted by Crippen LogP contribution is 2.19. The van der Waals surface area contributed by atoms with Crippen molar-refractivity contribution >= 4 is 22.2 Å². The second kappa shape index (κ2) is 4.78. The maximum Gasteiger partial charge on any atom is 0.120 e. The molecular formula is C10H8BrNO. The number of carbonyl (C=O) groups is 1. The van der Waals surface area contributed by atoms with Gasteiger partial charge in [-0.25, -0.2) is 0 Å². The summed E-state index contributed by atoms with van der Waals surface area (Å²) in [6.07, 6.45) is 2.05. The Labute approximate surface area is 85.3 Å². The Bertz CT molecular complexity index is 354. The van der Waals surface area contributed by atoms with E-state index in [9.17, 15) is 4.79 Å². The molecule has 0 fully saturated rings. The van der Waals surface area contributed by atoms with Crippen molar-refractivity contribution in [3.05, 3.63) is 33.8 Å². The fraction of sp³-hybridized carbons (Fsp3) is 0.200. The third-order valence-corrected chi connectivity index (χ3v) is 2.48. The Kier molecular flexibility index (Phi) is 3.66. The minimum absolute atomic E-state index is 0.494. The molecule has 0 bridgehead atoms. The number of halogens is 1. The molecule has 1 rings (SSSR count). The first-order chi connectivity index (χ1) is 6.27. The van der Waals surface area contributed by atoms with Gasteiger partial charge in [0.25, 0.3) is 0 Å². The van der Waals surface area contributed by atoms with Crippen molar-refractivity contribution in [2.75, 3.05) is 0 Å². The molecule has 1 aromatic rings. The van der Waals surface area contributed by atoms with Gasteiger partial charge in [-0.3, -0.25) is 0 Å². The maximum atomic E-state index is 10.2. The molecular weight excluding hydrogens is 230 g/mol. The number of aryl methyl sites for hydroxylation is 1. The zero-order valence-corrected chi connectivity index (χ0v) is 8.54. The van der Waals surface area contributed by atoms with Crippen molar-refractivity contribution in [3.63, 3.8) is 0 Å². The first-order valence-electron chi connectivity index (χ1n) is 3.90. The van der Waals surface area contributed by atoms with Gasteiger partial charge in [0.05, 0.1) is 11.6 Å². The molecule has 0 unspecified atom stereocenters. The third kappa shape index (κ3) is 2.67. The standard InChI is InChI=1S/C10H8BrNO/c11-10-4-3-8(7-12)6-9(10)2-1-5-13/h3-6H,1-2H2. The molecule has 0 saturated carbocycles. The summed E-state index contributed by atoms with van der Waals surface area (Å²) in [6, 6.07) is 7.44. The van der Waals surface area contributed by atoms with E-state index < -0.39 is 0 Å². The molecule has 0 aromatic heterocycles. The van der Waals surface area contributed by atoms with Crippen molar-refractivity contribution in [2.24, 2.45) is 0 Å². The molecule has 3 heteroatoms. The van der Waals surface area contributed by atoms with Gasteiger partial charge in [-0.1, -0.05) is 15.9 Å². The molecule has 0 heterocycles. The quantitative estimate of drug-likeness (QED) is 0.759. The summed E-state index contributed by atoms with van der Waals surface area (Å²) in [6.45, 7) is 0. The molecule has 1 aromatic carbocycles. The van der Waals surface area contributed by atoms with Gasteiger partial charge >= 0.3 is 0 Å². The van der Waals surface area contributed by atoms with Crippen molar-refractivity contribution in [3.8, 4) is 6.07 Å². The van der Waals surface area contributed by atoms with Crippen LogP contribution in [0.4, 0.5) is 0 Å². The number of rotatable bonds is 3. The van der Waals surface area contributed by atoms with Crippen LogP contribution in [0.15, 0.2) is 22.7 Å². The Hall–Kier alpha value is -1.14. The van der Waals surface area contributed by atoms with E-state index >= 15 is 0 Å². The van der Waals surface area contributed by atoms with Crippen molar-refractivity contribution in [2.45, 2.75) is 12.8 Å². The van der Waals surface area contributed by atoms with E-state index in [1.807, 2.05) is 6.07 Å². The predicted octanol–water partition coefficient (Wildman–Crippen LogP) is 2.45. The van der Waals surface area contributed by atoms with Gasteiger partial charge in [-0.2, -0.15) is 5.26 Å². The Morgan fingerprint density at radius 3 is 2.92 bits per heavy atom. The van der Waals surface area contributed by atoms with Crippen LogP contribution in [0.25, 0.3) is 0 Å². The minimum atomic E-state index is 0.494. The molecule has 0 N–H and O–H groups in total. The second-order valence-electron chi connectivity index (χ2n) is 2.62. The van der Waals surface area contributed by atoms with E-state index in [2.05, 4.69) is 22.0 Å². The average molecular weight is 238 g/mol. The molecule has 0 aliphatic carbocycles. The maximum absolute atomic E-state index is 10.2. The molecule has 66 valence electrons. The lowest BCUT2D eigenvalue weighted by molar-refractivity contribution is -0.107. The summed E-state index contributed by atoms with van der Waals surface area (Å²) >= 11 is 3.36. The summed E-state index contributed by atoms with van der Waals surface area (Å²) in [4.78, 5) is 10.2. The van der Waals surface area contributed by atoms with Crippen LogP contribution in [0.3, 0.4) is 0 Å². The van der Waals surface area contributed by atoms with E-state index in [-0.39, 0.29) is 0 Å². The van der Waals surface area contributed by atoms with E-state index in [4.69, 9.17) is 5.26 Å². The summed E-state index contributed by atoms with van der Waals surface area (Å²) in [5.74, 6) is 0. The normalized spacial score (nSPS) is 9.23.